The van der Waals surface area contributed by atoms with Gasteiger partial charge in [0.25, 0.3) is 0 Å². The van der Waals surface area contributed by atoms with Crippen LogP contribution in [0.4, 0.5) is 0 Å². The molecule has 1 fully saturated rings. The third-order valence-corrected chi connectivity index (χ3v) is 8.73. The molecule has 3 nitrogen and oxygen atoms in total. The lowest BCUT2D eigenvalue weighted by Crippen LogP contribution is -2.20. The molecule has 0 spiro atoms. The molecule has 0 atom stereocenters. The number of hydrogen-bond donors (Lipinski definition) is 0. The largest absolute Gasteiger partial charge is 0.493 e. The van der Waals surface area contributed by atoms with Gasteiger partial charge in [0.2, 0.25) is 0 Å². The predicted molar refractivity (Wildman–Crippen MR) is 167 cm³/mol. The van der Waals surface area contributed by atoms with Crippen molar-refractivity contribution in [3.8, 4) is 5.75 Å². The molecule has 1 aliphatic carbocycles. The zero-order valence-corrected chi connectivity index (χ0v) is 25.5. The molecule has 1 saturated carbocycles. The second-order valence-electron chi connectivity index (χ2n) is 12.2. The van der Waals surface area contributed by atoms with E-state index in [0.29, 0.717) is 11.8 Å². The first kappa shape index (κ1) is 31.6. The number of unbranched alkanes of at least 4 members (excludes halogenated alkanes) is 13. The molecule has 0 saturated heterocycles. The highest BCUT2D eigenvalue weighted by molar-refractivity contribution is 5.27. The monoisotopic (exact) mass is 534 g/mol. The normalized spacial score (nSPS) is 17.4. The van der Waals surface area contributed by atoms with Crippen LogP contribution in [0, 0.1) is 5.92 Å². The zero-order valence-electron chi connectivity index (χ0n) is 25.5. The van der Waals surface area contributed by atoms with E-state index in [2.05, 4.69) is 50.5 Å². The molecule has 0 radical (unpaired) electrons. The Morgan fingerprint density at radius 3 is 1.62 bits per heavy atom. The Kier molecular flexibility index (Phi) is 16.3. The Balaban J connectivity index is 1.24. The van der Waals surface area contributed by atoms with E-state index in [1.165, 1.54) is 140 Å². The van der Waals surface area contributed by atoms with Crippen LogP contribution in [-0.2, 0) is 12.8 Å². The molecule has 0 N–H and O–H groups in total. The Morgan fingerprint density at radius 1 is 0.590 bits per heavy atom. The molecule has 1 aromatic carbocycles. The SMILES string of the molecule is CCCCCCCCCCCCc1cnc([C@H]2CC[C@H](COc3ccc(CCCCCCC)cc3)CC2)nc1. The average molecular weight is 535 g/mol. The van der Waals surface area contributed by atoms with Crippen molar-refractivity contribution in [3.63, 3.8) is 0 Å². The van der Waals surface area contributed by atoms with Crippen LogP contribution < -0.4 is 4.74 Å². The van der Waals surface area contributed by atoms with Crippen molar-refractivity contribution < 1.29 is 4.74 Å². The van der Waals surface area contributed by atoms with Gasteiger partial charge in [0, 0.05) is 18.3 Å². The molecule has 1 aliphatic rings. The van der Waals surface area contributed by atoms with Crippen molar-refractivity contribution in [2.24, 2.45) is 5.92 Å². The summed E-state index contributed by atoms with van der Waals surface area (Å²) in [6.45, 7) is 5.40. The van der Waals surface area contributed by atoms with Gasteiger partial charge in [0.1, 0.15) is 11.6 Å². The van der Waals surface area contributed by atoms with Crippen molar-refractivity contribution in [1.82, 2.24) is 9.97 Å². The summed E-state index contributed by atoms with van der Waals surface area (Å²) < 4.78 is 6.17. The van der Waals surface area contributed by atoms with Crippen molar-refractivity contribution in [1.29, 1.82) is 0 Å². The smallest absolute Gasteiger partial charge is 0.131 e. The number of hydrogen-bond acceptors (Lipinski definition) is 3. The fourth-order valence-corrected chi connectivity index (χ4v) is 6.01. The second-order valence-corrected chi connectivity index (χ2v) is 12.2. The summed E-state index contributed by atoms with van der Waals surface area (Å²) in [7, 11) is 0. The van der Waals surface area contributed by atoms with Crippen LogP contribution in [0.15, 0.2) is 36.7 Å². The highest BCUT2D eigenvalue weighted by Gasteiger charge is 2.24. The molecule has 0 aliphatic heterocycles. The highest BCUT2D eigenvalue weighted by atomic mass is 16.5. The topological polar surface area (TPSA) is 35.0 Å². The van der Waals surface area contributed by atoms with Gasteiger partial charge < -0.3 is 4.74 Å². The summed E-state index contributed by atoms with van der Waals surface area (Å²) in [6.07, 6.45) is 31.9. The fourth-order valence-electron chi connectivity index (χ4n) is 6.01. The lowest BCUT2D eigenvalue weighted by atomic mass is 9.82. The molecular formula is C36H58N2O. The van der Waals surface area contributed by atoms with Crippen LogP contribution in [0.1, 0.15) is 159 Å². The Hall–Kier alpha value is -1.90. The van der Waals surface area contributed by atoms with Gasteiger partial charge in [-0.05, 0) is 80.5 Å². The summed E-state index contributed by atoms with van der Waals surface area (Å²) in [5.41, 5.74) is 2.75. The van der Waals surface area contributed by atoms with Crippen LogP contribution in [0.2, 0.25) is 0 Å². The van der Waals surface area contributed by atoms with E-state index in [1.807, 2.05) is 0 Å². The first-order valence-electron chi connectivity index (χ1n) is 16.8. The highest BCUT2D eigenvalue weighted by Crippen LogP contribution is 2.34. The quantitative estimate of drug-likeness (QED) is 0.149. The van der Waals surface area contributed by atoms with E-state index in [1.54, 1.807) is 0 Å². The fraction of sp³-hybridized carbons (Fsp3) is 0.722. The van der Waals surface area contributed by atoms with Gasteiger partial charge in [0.15, 0.2) is 0 Å². The summed E-state index contributed by atoms with van der Waals surface area (Å²) in [4.78, 5) is 9.57. The lowest BCUT2D eigenvalue weighted by Gasteiger charge is -2.27. The number of nitrogens with zero attached hydrogens (tertiary/aromatic N) is 2. The summed E-state index contributed by atoms with van der Waals surface area (Å²) in [5, 5.41) is 0. The number of rotatable bonds is 21. The van der Waals surface area contributed by atoms with E-state index in [9.17, 15) is 0 Å². The van der Waals surface area contributed by atoms with Crippen molar-refractivity contribution in [2.75, 3.05) is 6.61 Å². The number of aryl methyl sites for hydroxylation is 2. The number of aromatic nitrogens is 2. The minimum atomic E-state index is 0.518. The standard InChI is InChI=1S/C36H58N2O/c1-3-5-7-9-10-11-12-13-15-17-19-33-28-37-36(38-29-33)34-24-20-32(21-25-34)30-39-35-26-22-31(23-27-35)18-16-14-8-6-4-2/h22-23,26-29,32,34H,3-21,24-25,30H2,1-2H3/t32-,34-. The van der Waals surface area contributed by atoms with Gasteiger partial charge in [-0.15, -0.1) is 0 Å². The van der Waals surface area contributed by atoms with Crippen molar-refractivity contribution >= 4 is 0 Å². The maximum Gasteiger partial charge on any atom is 0.131 e. The Labute approximate surface area is 241 Å². The Morgan fingerprint density at radius 2 is 1.08 bits per heavy atom. The first-order valence-corrected chi connectivity index (χ1v) is 16.8. The lowest BCUT2D eigenvalue weighted by molar-refractivity contribution is 0.198. The molecule has 0 amide bonds. The van der Waals surface area contributed by atoms with E-state index in [0.717, 1.165) is 24.6 Å². The Bertz CT molecular complexity index is 839. The molecule has 218 valence electrons. The first-order chi connectivity index (χ1) is 19.3. The summed E-state index contributed by atoms with van der Waals surface area (Å²) >= 11 is 0. The van der Waals surface area contributed by atoms with Crippen LogP contribution in [0.25, 0.3) is 0 Å². The molecule has 1 heterocycles. The molecule has 3 heteroatoms. The molecule has 3 rings (SSSR count). The molecule has 1 aromatic heterocycles. The van der Waals surface area contributed by atoms with Crippen molar-refractivity contribution in [2.45, 2.75) is 155 Å². The van der Waals surface area contributed by atoms with Gasteiger partial charge in [0.05, 0.1) is 6.61 Å². The molecule has 0 unspecified atom stereocenters. The van der Waals surface area contributed by atoms with Gasteiger partial charge in [-0.2, -0.15) is 0 Å². The maximum atomic E-state index is 6.17. The van der Waals surface area contributed by atoms with Crippen LogP contribution in [0.3, 0.4) is 0 Å². The molecule has 2 aromatic rings. The number of benzene rings is 1. The van der Waals surface area contributed by atoms with E-state index >= 15 is 0 Å². The van der Waals surface area contributed by atoms with Crippen LogP contribution >= 0.6 is 0 Å². The summed E-state index contributed by atoms with van der Waals surface area (Å²) in [5.74, 6) is 3.25. The van der Waals surface area contributed by atoms with E-state index in [4.69, 9.17) is 14.7 Å². The summed E-state index contributed by atoms with van der Waals surface area (Å²) in [6, 6.07) is 8.84. The van der Waals surface area contributed by atoms with Gasteiger partial charge in [-0.1, -0.05) is 109 Å². The van der Waals surface area contributed by atoms with Gasteiger partial charge in [-0.3, -0.25) is 0 Å². The zero-order chi connectivity index (χ0) is 27.4. The number of ether oxygens (including phenoxy) is 1. The average Bonchev–Trinajstić information content (AvgIpc) is 2.98. The second kappa shape index (κ2) is 20.0. The van der Waals surface area contributed by atoms with Gasteiger partial charge >= 0.3 is 0 Å². The minimum Gasteiger partial charge on any atom is -0.493 e. The predicted octanol–water partition coefficient (Wildman–Crippen LogP) is 10.8. The van der Waals surface area contributed by atoms with E-state index < -0.39 is 0 Å². The molecular weight excluding hydrogens is 476 g/mol. The van der Waals surface area contributed by atoms with Crippen LogP contribution in [-0.4, -0.2) is 16.6 Å². The third-order valence-electron chi connectivity index (χ3n) is 8.73. The van der Waals surface area contributed by atoms with Gasteiger partial charge in [-0.25, -0.2) is 9.97 Å². The van der Waals surface area contributed by atoms with Crippen molar-refractivity contribution in [3.05, 3.63) is 53.6 Å². The van der Waals surface area contributed by atoms with Crippen LogP contribution in [0.5, 0.6) is 5.75 Å². The minimum absolute atomic E-state index is 0.518. The third kappa shape index (κ3) is 13.3. The maximum absolute atomic E-state index is 6.17. The van der Waals surface area contributed by atoms with E-state index in [-0.39, 0.29) is 0 Å². The molecule has 0 bridgehead atoms. The molecule has 39 heavy (non-hydrogen) atoms.